The van der Waals surface area contributed by atoms with Gasteiger partial charge in [0.05, 0.1) is 38.1 Å². The minimum absolute atomic E-state index is 0.0881. The first-order valence-electron chi connectivity index (χ1n) is 9.54. The summed E-state index contributed by atoms with van der Waals surface area (Å²) in [7, 11) is 3.12. The second kappa shape index (κ2) is 8.05. The van der Waals surface area contributed by atoms with Gasteiger partial charge in [0.25, 0.3) is 0 Å². The molecule has 1 saturated heterocycles. The first-order chi connectivity index (χ1) is 14.1. The molecule has 7 heteroatoms. The van der Waals surface area contributed by atoms with Crippen molar-refractivity contribution in [2.75, 3.05) is 39.2 Å². The summed E-state index contributed by atoms with van der Waals surface area (Å²) < 4.78 is 10.5. The molecule has 0 aliphatic carbocycles. The molecular formula is C22H23N3O4. The average Bonchev–Trinajstić information content (AvgIpc) is 2.74. The van der Waals surface area contributed by atoms with Crippen molar-refractivity contribution in [3.05, 3.63) is 48.0 Å². The Bertz CT molecular complexity index is 986. The van der Waals surface area contributed by atoms with Gasteiger partial charge in [0.1, 0.15) is 11.5 Å². The number of likely N-dealkylation sites (tertiary alicyclic amines) is 1. The summed E-state index contributed by atoms with van der Waals surface area (Å²) in [4.78, 5) is 32.2. The van der Waals surface area contributed by atoms with E-state index in [1.165, 1.54) is 0 Å². The molecule has 2 aromatic rings. The lowest BCUT2D eigenvalue weighted by Gasteiger charge is -2.34. The van der Waals surface area contributed by atoms with Crippen molar-refractivity contribution in [1.29, 1.82) is 0 Å². The van der Waals surface area contributed by atoms with E-state index in [1.54, 1.807) is 32.4 Å². The first-order valence-corrected chi connectivity index (χ1v) is 9.54. The molecule has 1 N–H and O–H groups in total. The Hall–Kier alpha value is -3.19. The van der Waals surface area contributed by atoms with E-state index in [2.05, 4.69) is 10.3 Å². The highest BCUT2D eigenvalue weighted by atomic mass is 16.5. The number of ketones is 1. The quantitative estimate of drug-likeness (QED) is 0.845. The van der Waals surface area contributed by atoms with Gasteiger partial charge >= 0.3 is 0 Å². The average molecular weight is 393 g/mol. The van der Waals surface area contributed by atoms with E-state index < -0.39 is 0 Å². The van der Waals surface area contributed by atoms with Crippen LogP contribution in [0.3, 0.4) is 0 Å². The molecule has 1 amide bonds. The fraction of sp³-hybridized carbons (Fsp3) is 0.318. The number of aliphatic imine (C=N–C) groups is 1. The molecule has 7 nitrogen and oxygen atoms in total. The zero-order valence-corrected chi connectivity index (χ0v) is 16.5. The number of carbonyl (C=O) groups is 2. The van der Waals surface area contributed by atoms with Crippen LogP contribution in [0.2, 0.25) is 0 Å². The number of amides is 1. The summed E-state index contributed by atoms with van der Waals surface area (Å²) in [6, 6.07) is 12.7. The number of nitrogens with one attached hydrogen (secondary N) is 1. The van der Waals surface area contributed by atoms with Gasteiger partial charge < -0.3 is 14.8 Å². The molecule has 2 heterocycles. The van der Waals surface area contributed by atoms with E-state index in [1.807, 2.05) is 29.2 Å². The monoisotopic (exact) mass is 393 g/mol. The van der Waals surface area contributed by atoms with Crippen LogP contribution in [0.1, 0.15) is 16.8 Å². The Morgan fingerprint density at radius 3 is 2.83 bits per heavy atom. The van der Waals surface area contributed by atoms with Crippen LogP contribution < -0.4 is 14.8 Å². The number of fused-ring (bicyclic) bond motifs is 2. The summed E-state index contributed by atoms with van der Waals surface area (Å²) in [6.45, 7) is 1.38. The smallest absolute Gasteiger partial charge is 0.238 e. The van der Waals surface area contributed by atoms with Crippen LogP contribution in [-0.4, -0.2) is 56.2 Å². The molecule has 0 aromatic heterocycles. The van der Waals surface area contributed by atoms with Crippen molar-refractivity contribution in [3.8, 4) is 11.5 Å². The molecule has 29 heavy (non-hydrogen) atoms. The number of carbonyl (C=O) groups excluding carboxylic acids is 2. The van der Waals surface area contributed by atoms with E-state index in [0.717, 1.165) is 11.4 Å². The fourth-order valence-electron chi connectivity index (χ4n) is 3.84. The van der Waals surface area contributed by atoms with Crippen molar-refractivity contribution in [2.45, 2.75) is 6.42 Å². The molecule has 0 radical (unpaired) electrons. The van der Waals surface area contributed by atoms with E-state index in [4.69, 9.17) is 9.47 Å². The highest BCUT2D eigenvalue weighted by Gasteiger charge is 2.36. The number of hydrogen-bond donors (Lipinski definition) is 1. The van der Waals surface area contributed by atoms with Crippen molar-refractivity contribution < 1.29 is 19.1 Å². The number of methoxy groups -OCH3 is 2. The lowest BCUT2D eigenvalue weighted by molar-refractivity contribution is -0.117. The molecule has 150 valence electrons. The van der Waals surface area contributed by atoms with Gasteiger partial charge in [-0.15, -0.1) is 0 Å². The third-order valence-corrected chi connectivity index (χ3v) is 5.33. The number of hydrogen-bond acceptors (Lipinski definition) is 6. The van der Waals surface area contributed by atoms with Crippen LogP contribution in [-0.2, 0) is 4.79 Å². The van der Waals surface area contributed by atoms with Crippen LogP contribution in [0.5, 0.6) is 11.5 Å². The Morgan fingerprint density at radius 1 is 1.21 bits per heavy atom. The van der Waals surface area contributed by atoms with Gasteiger partial charge in [-0.1, -0.05) is 12.1 Å². The van der Waals surface area contributed by atoms with Gasteiger partial charge in [-0.05, 0) is 30.7 Å². The Labute approximate surface area is 169 Å². The third kappa shape index (κ3) is 3.86. The van der Waals surface area contributed by atoms with Gasteiger partial charge in [0.15, 0.2) is 5.78 Å². The van der Waals surface area contributed by atoms with Crippen LogP contribution in [0, 0.1) is 5.92 Å². The van der Waals surface area contributed by atoms with Crippen molar-refractivity contribution in [3.63, 3.8) is 0 Å². The Morgan fingerprint density at radius 2 is 2.03 bits per heavy atom. The van der Waals surface area contributed by atoms with Crippen LogP contribution in [0.4, 0.5) is 11.4 Å². The predicted octanol–water partition coefficient (Wildman–Crippen LogP) is 2.93. The second-order valence-corrected chi connectivity index (χ2v) is 7.14. The second-order valence-electron chi connectivity index (χ2n) is 7.14. The topological polar surface area (TPSA) is 80.2 Å². The number of benzene rings is 2. The summed E-state index contributed by atoms with van der Waals surface area (Å²) in [5.41, 5.74) is 2.88. The molecule has 0 bridgehead atoms. The van der Waals surface area contributed by atoms with E-state index in [-0.39, 0.29) is 24.2 Å². The summed E-state index contributed by atoms with van der Waals surface area (Å²) in [5.74, 6) is 0.834. The Kier molecular flexibility index (Phi) is 5.31. The maximum atomic E-state index is 12.9. The standard InChI is InChI=1S/C22H23N3O4/c1-28-14-7-8-20(29-2)19(11-14)24-21(26)13-25-10-9-18-16(12-25)22(27)15-5-3-4-6-17(15)23-18/h3-8,11,16H,9-10,12-13H2,1-2H3,(H,24,26). The maximum Gasteiger partial charge on any atom is 0.238 e. The first kappa shape index (κ1) is 19.1. The van der Waals surface area contributed by atoms with E-state index in [0.29, 0.717) is 42.3 Å². The molecule has 1 atom stereocenters. The van der Waals surface area contributed by atoms with Crippen LogP contribution in [0.15, 0.2) is 47.5 Å². The number of rotatable bonds is 5. The predicted molar refractivity (Wildman–Crippen MR) is 111 cm³/mol. The molecule has 0 spiro atoms. The molecular weight excluding hydrogens is 370 g/mol. The van der Waals surface area contributed by atoms with Gasteiger partial charge in [-0.25, -0.2) is 0 Å². The zero-order chi connectivity index (χ0) is 20.4. The van der Waals surface area contributed by atoms with E-state index in [9.17, 15) is 9.59 Å². The Balaban J connectivity index is 1.43. The third-order valence-electron chi connectivity index (χ3n) is 5.33. The number of piperidine rings is 1. The van der Waals surface area contributed by atoms with Gasteiger partial charge in [-0.2, -0.15) is 0 Å². The van der Waals surface area contributed by atoms with Crippen molar-refractivity contribution >= 4 is 28.8 Å². The lowest BCUT2D eigenvalue weighted by atomic mass is 9.85. The van der Waals surface area contributed by atoms with Crippen molar-refractivity contribution in [2.24, 2.45) is 10.9 Å². The summed E-state index contributed by atoms with van der Waals surface area (Å²) in [5, 5.41) is 2.88. The lowest BCUT2D eigenvalue weighted by Crippen LogP contribution is -2.47. The SMILES string of the molecule is COc1ccc(OC)c(NC(=O)CN2CCC3=Nc4ccccc4C(=O)C3C2)c1. The number of ether oxygens (including phenoxy) is 2. The molecule has 1 unspecified atom stereocenters. The molecule has 2 aliphatic rings. The number of anilines is 1. The van der Waals surface area contributed by atoms with E-state index >= 15 is 0 Å². The fourth-order valence-corrected chi connectivity index (χ4v) is 3.84. The normalized spacial score (nSPS) is 18.3. The van der Waals surface area contributed by atoms with Gasteiger partial charge in [0.2, 0.25) is 5.91 Å². The van der Waals surface area contributed by atoms with Gasteiger partial charge in [0, 0.05) is 30.4 Å². The molecule has 4 rings (SSSR count). The number of nitrogens with zero attached hydrogens (tertiary/aromatic N) is 2. The van der Waals surface area contributed by atoms with Crippen LogP contribution in [0.25, 0.3) is 0 Å². The minimum Gasteiger partial charge on any atom is -0.497 e. The van der Waals surface area contributed by atoms with Gasteiger partial charge in [-0.3, -0.25) is 19.5 Å². The molecule has 0 saturated carbocycles. The number of Topliss-reactive ketones (excluding diaryl/α,β-unsaturated/α-hetero) is 1. The molecule has 2 aromatic carbocycles. The summed E-state index contributed by atoms with van der Waals surface area (Å²) >= 11 is 0. The maximum absolute atomic E-state index is 12.9. The minimum atomic E-state index is -0.280. The largest absolute Gasteiger partial charge is 0.497 e. The summed E-state index contributed by atoms with van der Waals surface area (Å²) in [6.07, 6.45) is 0.681. The molecule has 1 fully saturated rings. The zero-order valence-electron chi connectivity index (χ0n) is 16.5. The molecule has 2 aliphatic heterocycles. The highest BCUT2D eigenvalue weighted by Crippen LogP contribution is 2.32. The number of para-hydroxylation sites is 1. The van der Waals surface area contributed by atoms with Crippen molar-refractivity contribution in [1.82, 2.24) is 4.90 Å². The highest BCUT2D eigenvalue weighted by molar-refractivity contribution is 6.18. The van der Waals surface area contributed by atoms with Crippen LogP contribution >= 0.6 is 0 Å².